The van der Waals surface area contributed by atoms with Crippen LogP contribution in [0.15, 0.2) is 23.1 Å². The predicted octanol–water partition coefficient (Wildman–Crippen LogP) is 1.40. The highest BCUT2D eigenvalue weighted by molar-refractivity contribution is 7.89. The first-order valence-electron chi connectivity index (χ1n) is 6.81. The zero-order valence-corrected chi connectivity index (χ0v) is 13.6. The van der Waals surface area contributed by atoms with Crippen LogP contribution in [0.5, 0.6) is 5.75 Å². The SMILES string of the molecule is CCC(CC)(CN)NS(=O)(=O)c1cc([N+](=O)[O-])ccc1OC. The van der Waals surface area contributed by atoms with Crippen LogP contribution < -0.4 is 15.2 Å². The molecule has 0 bridgehead atoms. The number of nitrogens with zero attached hydrogens (tertiary/aromatic N) is 1. The topological polar surface area (TPSA) is 125 Å². The summed E-state index contributed by atoms with van der Waals surface area (Å²) < 4.78 is 32.8. The number of nitro groups is 1. The molecular weight excluding hydrogens is 310 g/mol. The van der Waals surface area contributed by atoms with Gasteiger partial charge in [-0.3, -0.25) is 10.1 Å². The number of hydrogen-bond acceptors (Lipinski definition) is 6. The van der Waals surface area contributed by atoms with Crippen LogP contribution in [0.25, 0.3) is 0 Å². The van der Waals surface area contributed by atoms with E-state index in [1.807, 2.05) is 13.8 Å². The summed E-state index contributed by atoms with van der Waals surface area (Å²) in [6, 6.07) is 3.43. The lowest BCUT2D eigenvalue weighted by molar-refractivity contribution is -0.385. The van der Waals surface area contributed by atoms with Gasteiger partial charge < -0.3 is 10.5 Å². The van der Waals surface area contributed by atoms with Crippen molar-refractivity contribution in [2.75, 3.05) is 13.7 Å². The fourth-order valence-corrected chi connectivity index (χ4v) is 3.80. The minimum Gasteiger partial charge on any atom is -0.495 e. The molecule has 0 radical (unpaired) electrons. The fraction of sp³-hybridized carbons (Fsp3) is 0.538. The Labute approximate surface area is 129 Å². The molecule has 8 nitrogen and oxygen atoms in total. The minimum atomic E-state index is -4.01. The largest absolute Gasteiger partial charge is 0.495 e. The van der Waals surface area contributed by atoms with Gasteiger partial charge in [0.15, 0.2) is 0 Å². The van der Waals surface area contributed by atoms with Gasteiger partial charge in [-0.15, -0.1) is 0 Å². The molecule has 0 fully saturated rings. The third kappa shape index (κ3) is 3.73. The summed E-state index contributed by atoms with van der Waals surface area (Å²) in [5.41, 5.74) is 4.57. The lowest BCUT2D eigenvalue weighted by Crippen LogP contribution is -2.52. The molecule has 1 aromatic carbocycles. The maximum absolute atomic E-state index is 12.6. The molecule has 0 atom stereocenters. The predicted molar refractivity (Wildman–Crippen MR) is 82.3 cm³/mol. The summed E-state index contributed by atoms with van der Waals surface area (Å²) in [5, 5.41) is 10.9. The molecule has 0 aliphatic carbocycles. The summed E-state index contributed by atoms with van der Waals surface area (Å²) >= 11 is 0. The highest BCUT2D eigenvalue weighted by Crippen LogP contribution is 2.29. The third-order valence-corrected chi connectivity index (χ3v) is 5.34. The van der Waals surface area contributed by atoms with Crippen LogP contribution in [0.1, 0.15) is 26.7 Å². The van der Waals surface area contributed by atoms with Crippen LogP contribution in [-0.4, -0.2) is 32.5 Å². The Morgan fingerprint density at radius 2 is 1.95 bits per heavy atom. The molecular formula is C13H21N3O5S. The Morgan fingerprint density at radius 1 is 1.36 bits per heavy atom. The van der Waals surface area contributed by atoms with E-state index in [0.29, 0.717) is 12.8 Å². The molecule has 0 spiro atoms. The van der Waals surface area contributed by atoms with Gasteiger partial charge in [0.25, 0.3) is 5.69 Å². The molecule has 0 aromatic heterocycles. The summed E-state index contributed by atoms with van der Waals surface area (Å²) in [4.78, 5) is 9.93. The molecule has 0 saturated heterocycles. The Morgan fingerprint density at radius 3 is 2.36 bits per heavy atom. The van der Waals surface area contributed by atoms with Gasteiger partial charge in [-0.2, -0.15) is 0 Å². The number of sulfonamides is 1. The number of nitro benzene ring substituents is 1. The number of methoxy groups -OCH3 is 1. The number of benzene rings is 1. The number of nitrogens with one attached hydrogen (secondary N) is 1. The lowest BCUT2D eigenvalue weighted by Gasteiger charge is -2.31. The van der Waals surface area contributed by atoms with Crippen LogP contribution in [0.4, 0.5) is 5.69 Å². The second kappa shape index (κ2) is 7.03. The smallest absolute Gasteiger partial charge is 0.271 e. The van der Waals surface area contributed by atoms with E-state index < -0.39 is 20.5 Å². The molecule has 9 heteroatoms. The molecule has 1 aromatic rings. The zero-order valence-electron chi connectivity index (χ0n) is 12.8. The van der Waals surface area contributed by atoms with E-state index in [-0.39, 0.29) is 22.9 Å². The van der Waals surface area contributed by atoms with Crippen molar-refractivity contribution in [1.82, 2.24) is 4.72 Å². The first kappa shape index (κ1) is 18.3. The highest BCUT2D eigenvalue weighted by Gasteiger charge is 2.33. The minimum absolute atomic E-state index is 0.0382. The number of ether oxygens (including phenoxy) is 1. The Balaban J connectivity index is 3.38. The second-order valence-corrected chi connectivity index (χ2v) is 6.54. The van der Waals surface area contributed by atoms with E-state index in [2.05, 4.69) is 4.72 Å². The van der Waals surface area contributed by atoms with Crippen molar-refractivity contribution in [3.05, 3.63) is 28.3 Å². The van der Waals surface area contributed by atoms with Crippen molar-refractivity contribution < 1.29 is 18.1 Å². The molecule has 0 heterocycles. The van der Waals surface area contributed by atoms with Gasteiger partial charge in [0.1, 0.15) is 10.6 Å². The number of non-ortho nitro benzene ring substituents is 1. The van der Waals surface area contributed by atoms with Crippen molar-refractivity contribution >= 4 is 15.7 Å². The van der Waals surface area contributed by atoms with Crippen LogP contribution >= 0.6 is 0 Å². The Kier molecular flexibility index (Phi) is 5.86. The molecule has 3 N–H and O–H groups in total. The summed E-state index contributed by atoms with van der Waals surface area (Å²) in [5.74, 6) is 0.0382. The third-order valence-electron chi connectivity index (χ3n) is 3.74. The van der Waals surface area contributed by atoms with Gasteiger partial charge in [0, 0.05) is 24.2 Å². The van der Waals surface area contributed by atoms with Crippen LogP contribution in [0, 0.1) is 10.1 Å². The summed E-state index contributed by atoms with van der Waals surface area (Å²) in [7, 11) is -2.71. The first-order valence-corrected chi connectivity index (χ1v) is 8.30. The van der Waals surface area contributed by atoms with Crippen LogP contribution in [-0.2, 0) is 10.0 Å². The van der Waals surface area contributed by atoms with Gasteiger partial charge >= 0.3 is 0 Å². The average molecular weight is 331 g/mol. The van der Waals surface area contributed by atoms with Crippen molar-refractivity contribution in [1.29, 1.82) is 0 Å². The number of nitrogens with two attached hydrogens (primary N) is 1. The average Bonchev–Trinajstić information content (AvgIpc) is 2.52. The maximum Gasteiger partial charge on any atom is 0.271 e. The fourth-order valence-electron chi connectivity index (χ4n) is 2.05. The van der Waals surface area contributed by atoms with Crippen LogP contribution in [0.3, 0.4) is 0 Å². The van der Waals surface area contributed by atoms with Gasteiger partial charge in [-0.05, 0) is 18.9 Å². The van der Waals surface area contributed by atoms with Gasteiger partial charge in [-0.1, -0.05) is 13.8 Å². The van der Waals surface area contributed by atoms with E-state index in [4.69, 9.17) is 10.5 Å². The van der Waals surface area contributed by atoms with Gasteiger partial charge in [-0.25, -0.2) is 13.1 Å². The first-order chi connectivity index (χ1) is 10.2. The number of rotatable bonds is 8. The van der Waals surface area contributed by atoms with Crippen molar-refractivity contribution in [3.63, 3.8) is 0 Å². The molecule has 0 saturated carbocycles. The second-order valence-electron chi connectivity index (χ2n) is 4.89. The molecule has 124 valence electrons. The van der Waals surface area contributed by atoms with Crippen molar-refractivity contribution in [2.45, 2.75) is 37.1 Å². The summed E-state index contributed by atoms with van der Waals surface area (Å²) in [6.07, 6.45) is 0.993. The highest BCUT2D eigenvalue weighted by atomic mass is 32.2. The molecule has 0 unspecified atom stereocenters. The van der Waals surface area contributed by atoms with Gasteiger partial charge in [0.05, 0.1) is 12.0 Å². The van der Waals surface area contributed by atoms with E-state index >= 15 is 0 Å². The number of hydrogen-bond donors (Lipinski definition) is 2. The molecule has 22 heavy (non-hydrogen) atoms. The zero-order chi connectivity index (χ0) is 17.0. The summed E-state index contributed by atoms with van der Waals surface area (Å²) in [6.45, 7) is 3.77. The normalized spacial score (nSPS) is 12.2. The standard InChI is InChI=1S/C13H21N3O5S/c1-4-13(5-2,9-14)15-22(19,20)12-8-10(16(17)18)6-7-11(12)21-3/h6-8,15H,4-5,9,14H2,1-3H3. The van der Waals surface area contributed by atoms with Crippen molar-refractivity contribution in [3.8, 4) is 5.75 Å². The van der Waals surface area contributed by atoms with E-state index in [9.17, 15) is 18.5 Å². The van der Waals surface area contributed by atoms with Gasteiger partial charge in [0.2, 0.25) is 10.0 Å². The van der Waals surface area contributed by atoms with E-state index in [1.165, 1.54) is 19.2 Å². The monoisotopic (exact) mass is 331 g/mol. The van der Waals surface area contributed by atoms with E-state index in [0.717, 1.165) is 6.07 Å². The maximum atomic E-state index is 12.6. The van der Waals surface area contributed by atoms with Crippen LogP contribution in [0.2, 0.25) is 0 Å². The molecule has 0 amide bonds. The molecule has 0 aliphatic rings. The molecule has 0 aliphatic heterocycles. The Bertz CT molecular complexity index is 633. The lowest BCUT2D eigenvalue weighted by atomic mass is 9.95. The van der Waals surface area contributed by atoms with E-state index in [1.54, 1.807) is 0 Å². The Hall–Kier alpha value is -1.71. The molecule has 1 rings (SSSR count). The quantitative estimate of drug-likeness (QED) is 0.548. The van der Waals surface area contributed by atoms with Crippen molar-refractivity contribution in [2.24, 2.45) is 5.73 Å².